The highest BCUT2D eigenvalue weighted by molar-refractivity contribution is 6.02. The van der Waals surface area contributed by atoms with Crippen LogP contribution in [0.4, 0.5) is 5.69 Å². The first-order valence-electron chi connectivity index (χ1n) is 9.63. The van der Waals surface area contributed by atoms with E-state index in [4.69, 9.17) is 4.74 Å². The Morgan fingerprint density at radius 3 is 2.69 bits per heavy atom. The van der Waals surface area contributed by atoms with Crippen LogP contribution in [0.1, 0.15) is 32.6 Å². The molecule has 2 fully saturated rings. The molecule has 0 radical (unpaired) electrons. The smallest absolute Gasteiger partial charge is 0.241 e. The molecule has 1 amide bonds. The summed E-state index contributed by atoms with van der Waals surface area (Å²) in [4.78, 5) is 19.5. The molecule has 1 atom stereocenters. The van der Waals surface area contributed by atoms with Crippen molar-refractivity contribution in [1.82, 2.24) is 9.88 Å². The quantitative estimate of drug-likeness (QED) is 0.918. The van der Waals surface area contributed by atoms with Gasteiger partial charge in [-0.15, -0.1) is 0 Å². The molecule has 1 N–H and O–H groups in total. The third-order valence-electron chi connectivity index (χ3n) is 6.24. The largest absolute Gasteiger partial charge is 0.381 e. The molecule has 5 heteroatoms. The molecule has 1 spiro atoms. The van der Waals surface area contributed by atoms with Crippen molar-refractivity contribution < 1.29 is 9.53 Å². The van der Waals surface area contributed by atoms with Gasteiger partial charge in [-0.1, -0.05) is 6.07 Å². The zero-order chi connectivity index (χ0) is 18.0. The van der Waals surface area contributed by atoms with Crippen molar-refractivity contribution >= 4 is 22.5 Å². The van der Waals surface area contributed by atoms with Crippen LogP contribution in [0.5, 0.6) is 0 Å². The molecule has 26 heavy (non-hydrogen) atoms. The third kappa shape index (κ3) is 3.46. The second-order valence-corrected chi connectivity index (χ2v) is 7.69. The lowest BCUT2D eigenvalue weighted by Gasteiger charge is -2.45. The molecule has 3 heterocycles. The highest BCUT2D eigenvalue weighted by atomic mass is 16.5. The van der Waals surface area contributed by atoms with Crippen molar-refractivity contribution in [3.8, 4) is 0 Å². The Kier molecular flexibility index (Phi) is 4.92. The minimum absolute atomic E-state index is 0.0595. The molecule has 4 rings (SSSR count). The molecular weight excluding hydrogens is 326 g/mol. The van der Waals surface area contributed by atoms with Crippen LogP contribution < -0.4 is 5.32 Å². The molecule has 1 unspecified atom stereocenters. The first kappa shape index (κ1) is 17.4. The molecule has 1 aromatic heterocycles. The van der Waals surface area contributed by atoms with Gasteiger partial charge in [0.05, 0.1) is 17.2 Å². The minimum atomic E-state index is -0.126. The summed E-state index contributed by atoms with van der Waals surface area (Å²) in [5.41, 5.74) is 2.19. The first-order chi connectivity index (χ1) is 12.7. The highest BCUT2D eigenvalue weighted by Gasteiger charge is 2.37. The van der Waals surface area contributed by atoms with E-state index in [-0.39, 0.29) is 11.9 Å². The van der Waals surface area contributed by atoms with E-state index in [2.05, 4.69) is 15.2 Å². The molecule has 5 nitrogen and oxygen atoms in total. The number of benzene rings is 1. The van der Waals surface area contributed by atoms with Crippen LogP contribution in [-0.4, -0.2) is 48.1 Å². The van der Waals surface area contributed by atoms with E-state index in [1.165, 1.54) is 25.7 Å². The Labute approximate surface area is 154 Å². The Hall–Kier alpha value is -1.98. The van der Waals surface area contributed by atoms with E-state index in [1.807, 2.05) is 37.3 Å². The van der Waals surface area contributed by atoms with Gasteiger partial charge >= 0.3 is 0 Å². The van der Waals surface area contributed by atoms with Crippen LogP contribution in [0.15, 0.2) is 36.5 Å². The zero-order valence-electron chi connectivity index (χ0n) is 15.4. The summed E-state index contributed by atoms with van der Waals surface area (Å²) < 4.78 is 5.53. The average molecular weight is 353 g/mol. The van der Waals surface area contributed by atoms with Gasteiger partial charge in [-0.25, -0.2) is 0 Å². The van der Waals surface area contributed by atoms with Crippen LogP contribution in [0.2, 0.25) is 0 Å². The number of amides is 1. The Morgan fingerprint density at radius 2 is 1.92 bits per heavy atom. The number of pyridine rings is 1. The summed E-state index contributed by atoms with van der Waals surface area (Å²) in [6.07, 6.45) is 6.46. The van der Waals surface area contributed by atoms with Gasteiger partial charge in [0, 0.05) is 24.8 Å². The monoisotopic (exact) mass is 353 g/mol. The lowest BCUT2D eigenvalue weighted by Crippen LogP contribution is -2.49. The van der Waals surface area contributed by atoms with E-state index >= 15 is 0 Å². The number of aromatic nitrogens is 1. The Balaban J connectivity index is 1.40. The second kappa shape index (κ2) is 7.33. The van der Waals surface area contributed by atoms with E-state index < -0.39 is 0 Å². The maximum atomic E-state index is 12.8. The van der Waals surface area contributed by atoms with E-state index in [0.29, 0.717) is 5.41 Å². The van der Waals surface area contributed by atoms with Gasteiger partial charge in [0.25, 0.3) is 0 Å². The molecule has 0 bridgehead atoms. The van der Waals surface area contributed by atoms with Crippen molar-refractivity contribution in [1.29, 1.82) is 0 Å². The predicted octanol–water partition coefficient (Wildman–Crippen LogP) is 3.45. The molecule has 2 aliphatic rings. The zero-order valence-corrected chi connectivity index (χ0v) is 15.4. The topological polar surface area (TPSA) is 54.5 Å². The summed E-state index contributed by atoms with van der Waals surface area (Å²) in [6, 6.07) is 9.62. The number of carbonyl (C=O) groups excluding carboxylic acids is 1. The van der Waals surface area contributed by atoms with Gasteiger partial charge in [-0.05, 0) is 75.4 Å². The molecule has 2 saturated heterocycles. The van der Waals surface area contributed by atoms with Crippen LogP contribution in [-0.2, 0) is 9.53 Å². The van der Waals surface area contributed by atoms with E-state index in [0.717, 1.165) is 42.9 Å². The molecule has 138 valence electrons. The number of rotatable bonds is 3. The van der Waals surface area contributed by atoms with E-state index in [1.54, 1.807) is 6.20 Å². The number of ether oxygens (including phenoxy) is 1. The number of carbonyl (C=O) groups is 1. The summed E-state index contributed by atoms with van der Waals surface area (Å²) >= 11 is 0. The molecule has 1 aromatic carbocycles. The standard InChI is InChI=1S/C21H27N3O2/c1-16(24-12-7-21(8-13-24)9-14-26-15-10-21)20(25)23-19-6-2-5-18-17(19)4-3-11-22-18/h2-6,11,16H,7-10,12-15H2,1H3,(H,23,25). The van der Waals surface area contributed by atoms with Crippen LogP contribution in [0, 0.1) is 5.41 Å². The molecular formula is C21H27N3O2. The molecule has 2 aromatic rings. The maximum absolute atomic E-state index is 12.8. The van der Waals surface area contributed by atoms with Crippen LogP contribution >= 0.6 is 0 Å². The number of hydrogen-bond donors (Lipinski definition) is 1. The fraction of sp³-hybridized carbons (Fsp3) is 0.524. The highest BCUT2D eigenvalue weighted by Crippen LogP contribution is 2.41. The Morgan fingerprint density at radius 1 is 1.15 bits per heavy atom. The Bertz CT molecular complexity index is 770. The van der Waals surface area contributed by atoms with Crippen molar-refractivity contribution in [3.05, 3.63) is 36.5 Å². The van der Waals surface area contributed by atoms with Gasteiger partial charge in [0.1, 0.15) is 0 Å². The van der Waals surface area contributed by atoms with Gasteiger partial charge in [-0.3, -0.25) is 14.7 Å². The third-order valence-corrected chi connectivity index (χ3v) is 6.24. The fourth-order valence-corrected chi connectivity index (χ4v) is 4.31. The van der Waals surface area contributed by atoms with Crippen LogP contribution in [0.3, 0.4) is 0 Å². The summed E-state index contributed by atoms with van der Waals surface area (Å²) in [6.45, 7) is 5.79. The minimum Gasteiger partial charge on any atom is -0.381 e. The molecule has 2 aliphatic heterocycles. The average Bonchev–Trinajstić information content (AvgIpc) is 2.69. The van der Waals surface area contributed by atoms with Gasteiger partial charge < -0.3 is 10.1 Å². The molecule has 0 aliphatic carbocycles. The second-order valence-electron chi connectivity index (χ2n) is 7.69. The number of anilines is 1. The van der Waals surface area contributed by atoms with Crippen molar-refractivity contribution in [3.63, 3.8) is 0 Å². The number of nitrogens with zero attached hydrogens (tertiary/aromatic N) is 2. The van der Waals surface area contributed by atoms with Crippen LogP contribution in [0.25, 0.3) is 10.9 Å². The SMILES string of the molecule is CC(C(=O)Nc1cccc2ncccc12)N1CCC2(CCOCC2)CC1. The summed E-state index contributed by atoms with van der Waals surface area (Å²) in [5.74, 6) is 0.0595. The number of piperidine rings is 1. The molecule has 0 saturated carbocycles. The van der Waals surface area contributed by atoms with Crippen molar-refractivity contribution in [2.45, 2.75) is 38.6 Å². The van der Waals surface area contributed by atoms with Gasteiger partial charge in [0.2, 0.25) is 5.91 Å². The lowest BCUT2D eigenvalue weighted by atomic mass is 9.72. The first-order valence-corrected chi connectivity index (χ1v) is 9.63. The van der Waals surface area contributed by atoms with E-state index in [9.17, 15) is 4.79 Å². The predicted molar refractivity (Wildman–Crippen MR) is 103 cm³/mol. The normalized spacial score (nSPS) is 21.6. The summed E-state index contributed by atoms with van der Waals surface area (Å²) in [5, 5.41) is 4.09. The number of hydrogen-bond acceptors (Lipinski definition) is 4. The lowest BCUT2D eigenvalue weighted by molar-refractivity contribution is -0.122. The maximum Gasteiger partial charge on any atom is 0.241 e. The number of likely N-dealkylation sites (tertiary alicyclic amines) is 1. The summed E-state index contributed by atoms with van der Waals surface area (Å²) in [7, 11) is 0. The van der Waals surface area contributed by atoms with Gasteiger partial charge in [0.15, 0.2) is 0 Å². The number of nitrogens with one attached hydrogen (secondary N) is 1. The van der Waals surface area contributed by atoms with Crippen molar-refractivity contribution in [2.24, 2.45) is 5.41 Å². The van der Waals surface area contributed by atoms with Crippen molar-refractivity contribution in [2.75, 3.05) is 31.6 Å². The number of fused-ring (bicyclic) bond motifs is 1. The van der Waals surface area contributed by atoms with Gasteiger partial charge in [-0.2, -0.15) is 0 Å². The fourth-order valence-electron chi connectivity index (χ4n) is 4.31.